The maximum absolute atomic E-state index is 13.4. The molecule has 0 aliphatic carbocycles. The largest absolute Gasteiger partial charge is 0.481 e. The fraction of sp³-hybridized carbons (Fsp3) is 0.500. The summed E-state index contributed by atoms with van der Waals surface area (Å²) in [5, 5.41) is 0. The van der Waals surface area contributed by atoms with E-state index in [1.165, 1.54) is 12.1 Å². The van der Waals surface area contributed by atoms with Crippen LogP contribution in [0.2, 0.25) is 0 Å². The Morgan fingerprint density at radius 1 is 1.47 bits per heavy atom. The molecule has 2 atom stereocenters. The number of para-hydroxylation sites is 1. The van der Waals surface area contributed by atoms with Gasteiger partial charge in [0.2, 0.25) is 0 Å². The summed E-state index contributed by atoms with van der Waals surface area (Å²) < 4.78 is 24.0. The topological polar surface area (TPSA) is 38.8 Å². The molecule has 1 heterocycles. The number of amides is 1. The summed E-state index contributed by atoms with van der Waals surface area (Å²) in [6, 6.07) is 6.08. The summed E-state index contributed by atoms with van der Waals surface area (Å²) in [6.45, 7) is 4.75. The van der Waals surface area contributed by atoms with E-state index in [9.17, 15) is 9.18 Å². The van der Waals surface area contributed by atoms with E-state index in [-0.39, 0.29) is 30.4 Å². The van der Waals surface area contributed by atoms with Crippen LogP contribution >= 0.6 is 0 Å². The normalized spacial score (nSPS) is 23.2. The molecule has 0 saturated carbocycles. The van der Waals surface area contributed by atoms with E-state index in [2.05, 4.69) is 0 Å². The Kier molecular flexibility index (Phi) is 4.37. The van der Waals surface area contributed by atoms with Gasteiger partial charge < -0.3 is 14.4 Å². The summed E-state index contributed by atoms with van der Waals surface area (Å²) in [6.07, 6.45) is 0.0219. The lowest BCUT2D eigenvalue weighted by atomic mass is 10.2. The molecular formula is C14H18FNO3. The third-order valence-corrected chi connectivity index (χ3v) is 3.12. The van der Waals surface area contributed by atoms with Crippen LogP contribution in [0.5, 0.6) is 5.75 Å². The van der Waals surface area contributed by atoms with Gasteiger partial charge in [-0.05, 0) is 26.0 Å². The van der Waals surface area contributed by atoms with Gasteiger partial charge in [0, 0.05) is 6.54 Å². The Morgan fingerprint density at radius 2 is 2.21 bits per heavy atom. The zero-order valence-electron chi connectivity index (χ0n) is 11.1. The molecule has 2 unspecified atom stereocenters. The van der Waals surface area contributed by atoms with E-state index in [0.29, 0.717) is 13.2 Å². The fourth-order valence-electron chi connectivity index (χ4n) is 2.03. The first kappa shape index (κ1) is 13.8. The Morgan fingerprint density at radius 3 is 2.95 bits per heavy atom. The zero-order valence-corrected chi connectivity index (χ0v) is 11.1. The Bertz CT molecular complexity index is 452. The standard InChI is InChI=1S/C14H18FNO3/c1-10-8-18-11(2)7-16(10)14(17)9-19-13-6-4-3-5-12(13)15/h3-6,10-11H,7-9H2,1-2H3. The van der Waals surface area contributed by atoms with E-state index in [4.69, 9.17) is 9.47 Å². The predicted molar refractivity (Wildman–Crippen MR) is 68.5 cm³/mol. The van der Waals surface area contributed by atoms with E-state index in [1.54, 1.807) is 17.0 Å². The Balaban J connectivity index is 1.92. The monoisotopic (exact) mass is 267 g/mol. The van der Waals surface area contributed by atoms with Crippen molar-refractivity contribution >= 4 is 5.91 Å². The first-order valence-electron chi connectivity index (χ1n) is 6.36. The van der Waals surface area contributed by atoms with Gasteiger partial charge in [0.25, 0.3) is 5.91 Å². The second-order valence-corrected chi connectivity index (χ2v) is 4.76. The minimum Gasteiger partial charge on any atom is -0.481 e. The van der Waals surface area contributed by atoms with Gasteiger partial charge in [-0.25, -0.2) is 4.39 Å². The summed E-state index contributed by atoms with van der Waals surface area (Å²) >= 11 is 0. The van der Waals surface area contributed by atoms with Crippen molar-refractivity contribution in [3.63, 3.8) is 0 Å². The van der Waals surface area contributed by atoms with Crippen molar-refractivity contribution in [2.75, 3.05) is 19.8 Å². The van der Waals surface area contributed by atoms with Crippen molar-refractivity contribution in [2.24, 2.45) is 0 Å². The molecule has 1 amide bonds. The molecule has 4 nitrogen and oxygen atoms in total. The molecule has 19 heavy (non-hydrogen) atoms. The maximum Gasteiger partial charge on any atom is 0.260 e. The van der Waals surface area contributed by atoms with Crippen LogP contribution in [0.15, 0.2) is 24.3 Å². The number of hydrogen-bond acceptors (Lipinski definition) is 3. The average molecular weight is 267 g/mol. The first-order valence-corrected chi connectivity index (χ1v) is 6.36. The lowest BCUT2D eigenvalue weighted by molar-refractivity contribution is -0.145. The second kappa shape index (κ2) is 6.02. The summed E-state index contributed by atoms with van der Waals surface area (Å²) in [4.78, 5) is 13.8. The van der Waals surface area contributed by atoms with Crippen LogP contribution in [0, 0.1) is 5.82 Å². The summed E-state index contributed by atoms with van der Waals surface area (Å²) in [5.41, 5.74) is 0. The maximum atomic E-state index is 13.4. The van der Waals surface area contributed by atoms with Crippen molar-refractivity contribution in [2.45, 2.75) is 26.0 Å². The zero-order chi connectivity index (χ0) is 13.8. The number of hydrogen-bond donors (Lipinski definition) is 0. The van der Waals surface area contributed by atoms with Gasteiger partial charge in [-0.3, -0.25) is 4.79 Å². The van der Waals surface area contributed by atoms with Crippen molar-refractivity contribution in [3.8, 4) is 5.75 Å². The van der Waals surface area contributed by atoms with Crippen LogP contribution in [0.4, 0.5) is 4.39 Å². The molecule has 1 aliphatic rings. The van der Waals surface area contributed by atoms with Gasteiger partial charge in [-0.2, -0.15) is 0 Å². The number of carbonyl (C=O) groups excluding carboxylic acids is 1. The molecule has 2 rings (SSSR count). The number of carbonyl (C=O) groups is 1. The SMILES string of the molecule is CC1CN(C(=O)COc2ccccc2F)C(C)CO1. The van der Waals surface area contributed by atoms with Gasteiger partial charge in [-0.15, -0.1) is 0 Å². The van der Waals surface area contributed by atoms with E-state index < -0.39 is 5.82 Å². The molecule has 0 bridgehead atoms. The average Bonchev–Trinajstić information content (AvgIpc) is 2.40. The Labute approximate surface area is 112 Å². The third kappa shape index (κ3) is 3.44. The molecule has 104 valence electrons. The van der Waals surface area contributed by atoms with Crippen LogP contribution in [0.25, 0.3) is 0 Å². The lowest BCUT2D eigenvalue weighted by Gasteiger charge is -2.36. The Hall–Kier alpha value is -1.62. The fourth-order valence-corrected chi connectivity index (χ4v) is 2.03. The van der Waals surface area contributed by atoms with Crippen LogP contribution in [0.1, 0.15) is 13.8 Å². The van der Waals surface area contributed by atoms with E-state index in [0.717, 1.165) is 0 Å². The molecule has 0 radical (unpaired) electrons. The van der Waals surface area contributed by atoms with Gasteiger partial charge in [-0.1, -0.05) is 12.1 Å². The lowest BCUT2D eigenvalue weighted by Crippen LogP contribution is -2.51. The van der Waals surface area contributed by atoms with Gasteiger partial charge in [0.05, 0.1) is 18.8 Å². The van der Waals surface area contributed by atoms with Crippen molar-refractivity contribution in [1.29, 1.82) is 0 Å². The quantitative estimate of drug-likeness (QED) is 0.839. The van der Waals surface area contributed by atoms with Crippen molar-refractivity contribution < 1.29 is 18.7 Å². The second-order valence-electron chi connectivity index (χ2n) is 4.76. The van der Waals surface area contributed by atoms with Gasteiger partial charge >= 0.3 is 0 Å². The molecule has 0 N–H and O–H groups in total. The molecular weight excluding hydrogens is 249 g/mol. The number of nitrogens with zero attached hydrogens (tertiary/aromatic N) is 1. The summed E-state index contributed by atoms with van der Waals surface area (Å²) in [7, 11) is 0. The highest BCUT2D eigenvalue weighted by atomic mass is 19.1. The molecule has 0 spiro atoms. The molecule has 1 aromatic rings. The number of halogens is 1. The van der Waals surface area contributed by atoms with Crippen LogP contribution < -0.4 is 4.74 Å². The number of ether oxygens (including phenoxy) is 2. The molecule has 1 aromatic carbocycles. The predicted octanol–water partition coefficient (Wildman–Crippen LogP) is 1.84. The highest BCUT2D eigenvalue weighted by Crippen LogP contribution is 2.16. The molecule has 1 saturated heterocycles. The molecule has 1 fully saturated rings. The van der Waals surface area contributed by atoms with E-state index in [1.807, 2.05) is 13.8 Å². The number of benzene rings is 1. The highest BCUT2D eigenvalue weighted by molar-refractivity contribution is 5.78. The van der Waals surface area contributed by atoms with Gasteiger partial charge in [0.1, 0.15) is 0 Å². The smallest absolute Gasteiger partial charge is 0.260 e. The minimum absolute atomic E-state index is 0.0212. The molecule has 5 heteroatoms. The molecule has 0 aromatic heterocycles. The summed E-state index contributed by atoms with van der Waals surface area (Å²) in [5.74, 6) is -0.505. The van der Waals surface area contributed by atoms with Gasteiger partial charge in [0.15, 0.2) is 18.2 Å². The van der Waals surface area contributed by atoms with Crippen molar-refractivity contribution in [1.82, 2.24) is 4.90 Å². The van der Waals surface area contributed by atoms with Crippen LogP contribution in [0.3, 0.4) is 0 Å². The number of rotatable bonds is 3. The van der Waals surface area contributed by atoms with Crippen LogP contribution in [-0.4, -0.2) is 42.7 Å². The van der Waals surface area contributed by atoms with E-state index >= 15 is 0 Å². The van der Waals surface area contributed by atoms with Crippen molar-refractivity contribution in [3.05, 3.63) is 30.1 Å². The molecule has 1 aliphatic heterocycles. The minimum atomic E-state index is -0.460. The highest BCUT2D eigenvalue weighted by Gasteiger charge is 2.27. The first-order chi connectivity index (χ1) is 9.08. The van der Waals surface area contributed by atoms with Crippen LogP contribution in [-0.2, 0) is 9.53 Å². The number of morpholine rings is 1. The third-order valence-electron chi connectivity index (χ3n) is 3.12.